The molecule has 1 aliphatic heterocycles. The van der Waals surface area contributed by atoms with E-state index >= 15 is 0 Å². The van der Waals surface area contributed by atoms with Crippen molar-refractivity contribution >= 4 is 0 Å². The van der Waals surface area contributed by atoms with Crippen LogP contribution in [0.3, 0.4) is 0 Å². The molecular weight excluding hydrogens is 174 g/mol. The highest BCUT2D eigenvalue weighted by Gasteiger charge is 2.45. The van der Waals surface area contributed by atoms with Crippen molar-refractivity contribution in [3.63, 3.8) is 0 Å². The normalized spacial score (nSPS) is 28.7. The van der Waals surface area contributed by atoms with E-state index in [0.29, 0.717) is 11.5 Å². The summed E-state index contributed by atoms with van der Waals surface area (Å²) in [6, 6.07) is 0. The monoisotopic (exact) mass is 197 g/mol. The lowest BCUT2D eigenvalue weighted by molar-refractivity contribution is 0.000677. The van der Waals surface area contributed by atoms with Gasteiger partial charge in [0, 0.05) is 25.6 Å². The summed E-state index contributed by atoms with van der Waals surface area (Å²) in [6.07, 6.45) is 7.50. The second kappa shape index (κ2) is 4.19. The Kier molecular flexibility index (Phi) is 3.13. The number of nitrogens with one attached hydrogen (secondary N) is 1. The first-order chi connectivity index (χ1) is 6.77. The molecule has 1 aliphatic carbocycles. The molecule has 1 saturated heterocycles. The van der Waals surface area contributed by atoms with Crippen LogP contribution in [0.1, 0.15) is 39.0 Å². The Morgan fingerprint density at radius 1 is 1.36 bits per heavy atom. The van der Waals surface area contributed by atoms with Crippen molar-refractivity contribution in [3.8, 4) is 0 Å². The molecule has 1 saturated carbocycles. The van der Waals surface area contributed by atoms with Gasteiger partial charge in [0.2, 0.25) is 0 Å². The number of ether oxygens (including phenoxy) is 1. The molecule has 0 amide bonds. The molecule has 2 fully saturated rings. The van der Waals surface area contributed by atoms with Gasteiger partial charge in [0.05, 0.1) is 6.10 Å². The average molecular weight is 197 g/mol. The maximum absolute atomic E-state index is 5.41. The summed E-state index contributed by atoms with van der Waals surface area (Å²) >= 11 is 0. The van der Waals surface area contributed by atoms with E-state index in [1.807, 2.05) is 7.11 Å². The van der Waals surface area contributed by atoms with Crippen LogP contribution in [0.4, 0.5) is 0 Å². The topological polar surface area (TPSA) is 21.3 Å². The molecule has 0 spiro atoms. The van der Waals surface area contributed by atoms with Crippen LogP contribution in [0.15, 0.2) is 0 Å². The molecule has 0 bridgehead atoms. The van der Waals surface area contributed by atoms with Crippen molar-refractivity contribution in [1.29, 1.82) is 0 Å². The standard InChI is InChI=1S/C12H23NO/c1-10(14-2)7-12(8-13-9-12)11-5-3-4-6-11/h10-11,13H,3-9H2,1-2H3. The van der Waals surface area contributed by atoms with Gasteiger partial charge in [0.15, 0.2) is 0 Å². The minimum Gasteiger partial charge on any atom is -0.382 e. The van der Waals surface area contributed by atoms with Crippen LogP contribution < -0.4 is 5.32 Å². The van der Waals surface area contributed by atoms with Gasteiger partial charge in [0.1, 0.15) is 0 Å². The van der Waals surface area contributed by atoms with Gasteiger partial charge in [-0.2, -0.15) is 0 Å². The smallest absolute Gasteiger partial charge is 0.0549 e. The molecule has 0 radical (unpaired) electrons. The summed E-state index contributed by atoms with van der Waals surface area (Å²) in [5, 5.41) is 3.45. The third-order valence-corrected chi connectivity index (χ3v) is 4.27. The number of hydrogen-bond donors (Lipinski definition) is 1. The minimum absolute atomic E-state index is 0.428. The summed E-state index contributed by atoms with van der Waals surface area (Å²) in [6.45, 7) is 4.66. The Balaban J connectivity index is 1.94. The Labute approximate surface area is 87.4 Å². The lowest BCUT2D eigenvalue weighted by atomic mass is 9.66. The zero-order valence-corrected chi connectivity index (χ0v) is 9.51. The van der Waals surface area contributed by atoms with Gasteiger partial charge in [-0.3, -0.25) is 0 Å². The Bertz CT molecular complexity index is 183. The van der Waals surface area contributed by atoms with E-state index < -0.39 is 0 Å². The maximum Gasteiger partial charge on any atom is 0.0549 e. The van der Waals surface area contributed by atoms with Crippen LogP contribution in [0.25, 0.3) is 0 Å². The van der Waals surface area contributed by atoms with Gasteiger partial charge < -0.3 is 10.1 Å². The zero-order chi connectivity index (χ0) is 10.0. The van der Waals surface area contributed by atoms with Crippen molar-refractivity contribution in [3.05, 3.63) is 0 Å². The minimum atomic E-state index is 0.428. The largest absolute Gasteiger partial charge is 0.382 e. The fourth-order valence-corrected chi connectivity index (χ4v) is 3.24. The number of rotatable bonds is 4. The first kappa shape index (κ1) is 10.4. The SMILES string of the molecule is COC(C)CC1(C2CCCC2)CNC1. The summed E-state index contributed by atoms with van der Waals surface area (Å²) in [5.41, 5.74) is 0.589. The molecule has 1 heterocycles. The molecule has 2 heteroatoms. The van der Waals surface area contributed by atoms with Crippen molar-refractivity contribution in [2.24, 2.45) is 11.3 Å². The molecule has 0 aromatic heterocycles. The van der Waals surface area contributed by atoms with E-state index in [2.05, 4.69) is 12.2 Å². The fraction of sp³-hybridized carbons (Fsp3) is 1.00. The van der Waals surface area contributed by atoms with Gasteiger partial charge in [-0.15, -0.1) is 0 Å². The Morgan fingerprint density at radius 3 is 2.43 bits per heavy atom. The van der Waals surface area contributed by atoms with Crippen molar-refractivity contribution in [1.82, 2.24) is 5.32 Å². The van der Waals surface area contributed by atoms with E-state index in [-0.39, 0.29) is 0 Å². The highest BCUT2D eigenvalue weighted by Crippen LogP contribution is 2.45. The summed E-state index contributed by atoms with van der Waals surface area (Å²) in [4.78, 5) is 0. The average Bonchev–Trinajstić information content (AvgIpc) is 2.63. The first-order valence-electron chi connectivity index (χ1n) is 6.00. The van der Waals surface area contributed by atoms with E-state index in [9.17, 15) is 0 Å². The molecule has 2 rings (SSSR count). The Hall–Kier alpha value is -0.0800. The molecule has 82 valence electrons. The third kappa shape index (κ3) is 1.82. The molecule has 0 aromatic carbocycles. The molecule has 2 aliphatic rings. The van der Waals surface area contributed by atoms with Crippen LogP contribution >= 0.6 is 0 Å². The van der Waals surface area contributed by atoms with Crippen LogP contribution in [0.2, 0.25) is 0 Å². The Morgan fingerprint density at radius 2 is 2.00 bits per heavy atom. The molecule has 1 unspecified atom stereocenters. The van der Waals surface area contributed by atoms with E-state index in [4.69, 9.17) is 4.74 Å². The second-order valence-corrected chi connectivity index (χ2v) is 5.20. The van der Waals surface area contributed by atoms with E-state index in [1.165, 1.54) is 45.2 Å². The highest BCUT2D eigenvalue weighted by molar-refractivity contribution is 4.99. The van der Waals surface area contributed by atoms with Crippen molar-refractivity contribution in [2.75, 3.05) is 20.2 Å². The van der Waals surface area contributed by atoms with Crippen LogP contribution in [0.5, 0.6) is 0 Å². The highest BCUT2D eigenvalue weighted by atomic mass is 16.5. The summed E-state index contributed by atoms with van der Waals surface area (Å²) in [5.74, 6) is 0.973. The van der Waals surface area contributed by atoms with Gasteiger partial charge in [0.25, 0.3) is 0 Å². The first-order valence-corrected chi connectivity index (χ1v) is 6.00. The van der Waals surface area contributed by atoms with Gasteiger partial charge in [-0.25, -0.2) is 0 Å². The quantitative estimate of drug-likeness (QED) is 0.746. The molecule has 2 nitrogen and oxygen atoms in total. The number of methoxy groups -OCH3 is 1. The predicted octanol–water partition coefficient (Wildman–Crippen LogP) is 2.19. The van der Waals surface area contributed by atoms with Gasteiger partial charge >= 0.3 is 0 Å². The summed E-state index contributed by atoms with van der Waals surface area (Å²) < 4.78 is 5.41. The molecule has 1 atom stereocenters. The van der Waals surface area contributed by atoms with Crippen LogP contribution in [-0.4, -0.2) is 26.3 Å². The predicted molar refractivity (Wildman–Crippen MR) is 58.3 cm³/mol. The van der Waals surface area contributed by atoms with Gasteiger partial charge in [-0.05, 0) is 32.1 Å². The lowest BCUT2D eigenvalue weighted by Crippen LogP contribution is -2.58. The van der Waals surface area contributed by atoms with Gasteiger partial charge in [-0.1, -0.05) is 12.8 Å². The lowest BCUT2D eigenvalue weighted by Gasteiger charge is -2.48. The molecule has 14 heavy (non-hydrogen) atoms. The molecule has 1 N–H and O–H groups in total. The maximum atomic E-state index is 5.41. The van der Waals surface area contributed by atoms with Crippen molar-refractivity contribution in [2.45, 2.75) is 45.1 Å². The zero-order valence-electron chi connectivity index (χ0n) is 9.51. The van der Waals surface area contributed by atoms with Crippen LogP contribution in [-0.2, 0) is 4.74 Å². The van der Waals surface area contributed by atoms with E-state index in [1.54, 1.807) is 0 Å². The third-order valence-electron chi connectivity index (χ3n) is 4.27. The molecular formula is C12H23NO. The van der Waals surface area contributed by atoms with Crippen molar-refractivity contribution < 1.29 is 4.74 Å². The second-order valence-electron chi connectivity index (χ2n) is 5.20. The van der Waals surface area contributed by atoms with Crippen LogP contribution in [0, 0.1) is 11.3 Å². The summed E-state index contributed by atoms with van der Waals surface area (Å²) in [7, 11) is 1.83. The van der Waals surface area contributed by atoms with E-state index in [0.717, 1.165) is 5.92 Å². The molecule has 0 aromatic rings. The number of hydrogen-bond acceptors (Lipinski definition) is 2. The fourth-order valence-electron chi connectivity index (χ4n) is 3.24.